The van der Waals surface area contributed by atoms with Crippen LogP contribution in [0.15, 0.2) is 72.8 Å². The number of esters is 2. The normalized spacial score (nSPS) is 11.8. The molecule has 0 aliphatic heterocycles. The smallest absolute Gasteiger partial charge is 0.311 e. The van der Waals surface area contributed by atoms with Gasteiger partial charge in [-0.3, -0.25) is 9.59 Å². The summed E-state index contributed by atoms with van der Waals surface area (Å²) in [6.45, 7) is 4.87. The molecule has 0 bridgehead atoms. The summed E-state index contributed by atoms with van der Waals surface area (Å²) in [5.74, 6) is 1.09. The van der Waals surface area contributed by atoms with Gasteiger partial charge in [-0.2, -0.15) is 0 Å². The van der Waals surface area contributed by atoms with E-state index in [1.807, 2.05) is 30.3 Å². The Morgan fingerprint density at radius 2 is 1.13 bits per heavy atom. The first-order valence-corrected chi connectivity index (χ1v) is 20.7. The van der Waals surface area contributed by atoms with E-state index in [9.17, 15) is 14.7 Å². The molecule has 1 atom stereocenters. The van der Waals surface area contributed by atoms with E-state index in [2.05, 4.69) is 13.8 Å². The number of ether oxygens (including phenoxy) is 4. The van der Waals surface area contributed by atoms with Crippen molar-refractivity contribution in [2.75, 3.05) is 7.11 Å². The molecule has 1 unspecified atom stereocenters. The number of carbonyl (C=O) groups is 2. The average molecular weight is 743 g/mol. The molecule has 0 saturated heterocycles. The van der Waals surface area contributed by atoms with Crippen LogP contribution < -0.4 is 18.9 Å². The maximum atomic E-state index is 13.0. The van der Waals surface area contributed by atoms with Crippen molar-refractivity contribution in [1.29, 1.82) is 0 Å². The Labute approximate surface area is 325 Å². The van der Waals surface area contributed by atoms with Gasteiger partial charge in [-0.25, -0.2) is 0 Å². The number of methoxy groups -OCH3 is 1. The van der Waals surface area contributed by atoms with Crippen molar-refractivity contribution in [1.82, 2.24) is 0 Å². The second-order valence-electron chi connectivity index (χ2n) is 14.3. The first kappa shape index (κ1) is 44.3. The molecule has 296 valence electrons. The van der Waals surface area contributed by atoms with Crippen LogP contribution in [0.4, 0.5) is 0 Å². The van der Waals surface area contributed by atoms with Gasteiger partial charge in [0.15, 0.2) is 0 Å². The molecule has 0 amide bonds. The quantitative estimate of drug-likeness (QED) is 0.0430. The zero-order valence-corrected chi connectivity index (χ0v) is 33.3. The van der Waals surface area contributed by atoms with Crippen LogP contribution in [0.25, 0.3) is 6.08 Å². The summed E-state index contributed by atoms with van der Waals surface area (Å²) in [4.78, 5) is 25.7. The number of carbonyl (C=O) groups excluding carboxylic acids is 2. The van der Waals surface area contributed by atoms with Gasteiger partial charge in [-0.1, -0.05) is 159 Å². The van der Waals surface area contributed by atoms with Gasteiger partial charge in [0.1, 0.15) is 35.7 Å². The van der Waals surface area contributed by atoms with Gasteiger partial charge < -0.3 is 24.1 Å². The second kappa shape index (κ2) is 27.5. The van der Waals surface area contributed by atoms with Crippen LogP contribution in [-0.4, -0.2) is 24.2 Å². The molecule has 3 aromatic carbocycles. The molecular formula is C47H66O7. The summed E-state index contributed by atoms with van der Waals surface area (Å²) in [5.41, 5.74) is 2.19. The van der Waals surface area contributed by atoms with Gasteiger partial charge in [0.2, 0.25) is 0 Å². The summed E-state index contributed by atoms with van der Waals surface area (Å²) >= 11 is 0. The van der Waals surface area contributed by atoms with Crippen molar-refractivity contribution in [2.24, 2.45) is 0 Å². The molecule has 54 heavy (non-hydrogen) atoms. The molecule has 0 aromatic heterocycles. The second-order valence-corrected chi connectivity index (χ2v) is 14.3. The van der Waals surface area contributed by atoms with Crippen molar-refractivity contribution < 1.29 is 33.6 Å². The fourth-order valence-electron chi connectivity index (χ4n) is 6.39. The maximum absolute atomic E-state index is 13.0. The summed E-state index contributed by atoms with van der Waals surface area (Å²) in [5, 5.41) is 11.2. The molecule has 0 heterocycles. The summed E-state index contributed by atoms with van der Waals surface area (Å²) in [6.07, 6.45) is 23.9. The van der Waals surface area contributed by atoms with Gasteiger partial charge in [-0.05, 0) is 42.7 Å². The van der Waals surface area contributed by atoms with Crippen molar-refractivity contribution in [3.63, 3.8) is 0 Å². The van der Waals surface area contributed by atoms with E-state index >= 15 is 0 Å². The molecule has 0 radical (unpaired) electrons. The van der Waals surface area contributed by atoms with Gasteiger partial charge >= 0.3 is 11.9 Å². The van der Waals surface area contributed by atoms with E-state index in [0.717, 1.165) is 44.1 Å². The van der Waals surface area contributed by atoms with Gasteiger partial charge in [-0.15, -0.1) is 0 Å². The van der Waals surface area contributed by atoms with E-state index in [0.29, 0.717) is 47.8 Å². The SMILES string of the molecule is CCCCCCCCCCCC(=O)Oc1ccc(C=CC(O)c2ccc(OCc3ccccc3)cc2OC)c(OC(=O)CCCCCCCCCCC)c1. The number of aliphatic hydroxyl groups is 1. The van der Waals surface area contributed by atoms with Crippen LogP contribution in [0.5, 0.6) is 23.0 Å². The third-order valence-electron chi connectivity index (χ3n) is 9.64. The minimum absolute atomic E-state index is 0.282. The fraction of sp³-hybridized carbons (Fsp3) is 0.532. The van der Waals surface area contributed by atoms with E-state index in [4.69, 9.17) is 18.9 Å². The van der Waals surface area contributed by atoms with E-state index in [-0.39, 0.29) is 17.7 Å². The molecule has 3 aromatic rings. The van der Waals surface area contributed by atoms with Crippen LogP contribution in [0.3, 0.4) is 0 Å². The van der Waals surface area contributed by atoms with E-state index in [1.54, 1.807) is 55.7 Å². The van der Waals surface area contributed by atoms with Gasteiger partial charge in [0, 0.05) is 36.1 Å². The third kappa shape index (κ3) is 18.3. The lowest BCUT2D eigenvalue weighted by molar-refractivity contribution is -0.135. The molecule has 0 fully saturated rings. The lowest BCUT2D eigenvalue weighted by Crippen LogP contribution is -2.10. The monoisotopic (exact) mass is 742 g/mol. The number of hydrogen-bond acceptors (Lipinski definition) is 7. The van der Waals surface area contributed by atoms with Crippen molar-refractivity contribution >= 4 is 18.0 Å². The molecular weight excluding hydrogens is 677 g/mol. The van der Waals surface area contributed by atoms with Crippen LogP contribution in [-0.2, 0) is 16.2 Å². The third-order valence-corrected chi connectivity index (χ3v) is 9.64. The van der Waals surface area contributed by atoms with Gasteiger partial charge in [0.05, 0.1) is 7.11 Å². The number of benzene rings is 3. The first-order chi connectivity index (χ1) is 26.4. The molecule has 7 heteroatoms. The minimum Gasteiger partial charge on any atom is -0.496 e. The number of rotatable bonds is 29. The fourth-order valence-corrected chi connectivity index (χ4v) is 6.39. The molecule has 3 rings (SSSR count). The van der Waals surface area contributed by atoms with Crippen LogP contribution >= 0.6 is 0 Å². The predicted octanol–water partition coefficient (Wildman–Crippen LogP) is 12.7. The van der Waals surface area contributed by atoms with Crippen molar-refractivity contribution in [2.45, 2.75) is 155 Å². The molecule has 0 aliphatic rings. The van der Waals surface area contributed by atoms with Crippen molar-refractivity contribution in [3.8, 4) is 23.0 Å². The largest absolute Gasteiger partial charge is 0.496 e. The topological polar surface area (TPSA) is 91.3 Å². The highest BCUT2D eigenvalue weighted by atomic mass is 16.5. The molecule has 0 spiro atoms. The average Bonchev–Trinajstić information content (AvgIpc) is 3.18. The highest BCUT2D eigenvalue weighted by molar-refractivity contribution is 5.76. The summed E-state index contributed by atoms with van der Waals surface area (Å²) < 4.78 is 23.1. The lowest BCUT2D eigenvalue weighted by atomic mass is 10.1. The molecule has 7 nitrogen and oxygen atoms in total. The molecule has 0 saturated carbocycles. The highest BCUT2D eigenvalue weighted by Crippen LogP contribution is 2.33. The van der Waals surface area contributed by atoms with Crippen molar-refractivity contribution in [3.05, 3.63) is 89.5 Å². The Morgan fingerprint density at radius 3 is 1.70 bits per heavy atom. The Kier molecular flexibility index (Phi) is 22.5. The Morgan fingerprint density at radius 1 is 0.611 bits per heavy atom. The van der Waals surface area contributed by atoms with Crippen LogP contribution in [0.1, 0.15) is 165 Å². The Bertz CT molecular complexity index is 1500. The minimum atomic E-state index is -1.01. The maximum Gasteiger partial charge on any atom is 0.311 e. The number of unbranched alkanes of at least 4 members (excludes halogenated alkanes) is 16. The zero-order valence-electron chi connectivity index (χ0n) is 33.3. The number of aliphatic hydroxyl groups excluding tert-OH is 1. The van der Waals surface area contributed by atoms with Crippen LogP contribution in [0, 0.1) is 0 Å². The van der Waals surface area contributed by atoms with E-state index in [1.165, 1.54) is 77.0 Å². The summed E-state index contributed by atoms with van der Waals surface area (Å²) in [7, 11) is 1.55. The van der Waals surface area contributed by atoms with Crippen LogP contribution in [0.2, 0.25) is 0 Å². The summed E-state index contributed by atoms with van der Waals surface area (Å²) in [6, 6.07) is 20.2. The molecule has 0 aliphatic carbocycles. The van der Waals surface area contributed by atoms with Gasteiger partial charge in [0.25, 0.3) is 0 Å². The van der Waals surface area contributed by atoms with E-state index < -0.39 is 6.10 Å². The standard InChI is InChI=1S/C47H66O7/c1-4-6-8-10-12-14-16-18-23-27-46(49)53-41-31-29-39(44(36-41)54-47(50)28-24-19-17-15-13-11-9-7-5-2)30-34-43(48)42-33-32-40(35-45(42)51-3)52-37-38-25-21-20-22-26-38/h20-22,25-26,29-36,43,48H,4-19,23-24,27-28,37H2,1-3H3. The lowest BCUT2D eigenvalue weighted by Gasteiger charge is -2.15. The highest BCUT2D eigenvalue weighted by Gasteiger charge is 2.15. The zero-order chi connectivity index (χ0) is 38.6. The Balaban J connectivity index is 1.61. The first-order valence-electron chi connectivity index (χ1n) is 20.7. The molecule has 1 N–H and O–H groups in total. The number of hydrogen-bond donors (Lipinski definition) is 1. The predicted molar refractivity (Wildman–Crippen MR) is 219 cm³/mol. The Hall–Kier alpha value is -4.10.